The molecule has 1 fully saturated rings. The molecule has 9 heavy (non-hydrogen) atoms. The molecule has 2 unspecified atom stereocenters. The summed E-state index contributed by atoms with van der Waals surface area (Å²) >= 11 is 0. The minimum atomic E-state index is -2.27. The van der Waals surface area contributed by atoms with E-state index in [1.165, 1.54) is 6.26 Å². The van der Waals surface area contributed by atoms with Crippen molar-refractivity contribution in [3.63, 3.8) is 0 Å². The molecule has 2 atom stereocenters. The Morgan fingerprint density at radius 3 is 2.67 bits per heavy atom. The minimum Gasteiger partial charge on any atom is -0.315 e. The molecule has 0 aliphatic carbocycles. The van der Waals surface area contributed by atoms with Crippen molar-refractivity contribution in [3.05, 3.63) is 0 Å². The molecule has 0 aromatic heterocycles. The third-order valence-corrected chi connectivity index (χ3v) is 3.33. The van der Waals surface area contributed by atoms with Gasteiger partial charge in [-0.15, -0.1) is 0 Å². The van der Waals surface area contributed by atoms with Gasteiger partial charge in [0, 0.05) is 22.5 Å². The van der Waals surface area contributed by atoms with Gasteiger partial charge in [0.15, 0.2) is 0 Å². The normalized spacial score (nSPS) is 34.1. The highest BCUT2D eigenvalue weighted by atomic mass is 32.2. The van der Waals surface area contributed by atoms with Crippen LogP contribution in [-0.4, -0.2) is 28.8 Å². The summed E-state index contributed by atoms with van der Waals surface area (Å²) in [4.78, 5) is 0. The van der Waals surface area contributed by atoms with Gasteiger partial charge in [-0.2, -0.15) is 0 Å². The zero-order valence-corrected chi connectivity index (χ0v) is 6.33. The van der Waals surface area contributed by atoms with E-state index < -0.39 is 9.73 Å². The molecule has 3 nitrogen and oxygen atoms in total. The zero-order valence-electron chi connectivity index (χ0n) is 5.52. The molecule has 0 bridgehead atoms. The summed E-state index contributed by atoms with van der Waals surface area (Å²) in [6.07, 6.45) is 2.42. The lowest BCUT2D eigenvalue weighted by atomic mass is 10.4. The van der Waals surface area contributed by atoms with Crippen LogP contribution >= 0.6 is 0 Å². The van der Waals surface area contributed by atoms with Crippen molar-refractivity contribution < 1.29 is 4.21 Å². The van der Waals surface area contributed by atoms with Gasteiger partial charge in [-0.3, -0.25) is 4.78 Å². The fourth-order valence-corrected chi connectivity index (χ4v) is 2.02. The summed E-state index contributed by atoms with van der Waals surface area (Å²) in [5.74, 6) is 0. The van der Waals surface area contributed by atoms with E-state index in [0.717, 1.165) is 19.5 Å². The van der Waals surface area contributed by atoms with Crippen LogP contribution in [0.15, 0.2) is 0 Å². The molecule has 0 spiro atoms. The molecule has 4 heteroatoms. The van der Waals surface area contributed by atoms with E-state index in [0.29, 0.717) is 0 Å². The molecule has 1 aliphatic heterocycles. The SMILES string of the molecule is CS(=N)(=O)C1CCNC1. The lowest BCUT2D eigenvalue weighted by molar-refractivity contribution is 0.667. The lowest BCUT2D eigenvalue weighted by Crippen LogP contribution is -2.21. The Kier molecular flexibility index (Phi) is 1.77. The first-order valence-electron chi connectivity index (χ1n) is 3.04. The molecule has 1 heterocycles. The van der Waals surface area contributed by atoms with Gasteiger partial charge in [0.1, 0.15) is 0 Å². The summed E-state index contributed by atoms with van der Waals surface area (Å²) in [7, 11) is -2.27. The van der Waals surface area contributed by atoms with E-state index in [2.05, 4.69) is 5.32 Å². The molecule has 0 amide bonds. The quantitative estimate of drug-likeness (QED) is 0.551. The van der Waals surface area contributed by atoms with Crippen LogP contribution in [0.2, 0.25) is 0 Å². The summed E-state index contributed by atoms with van der Waals surface area (Å²) in [6, 6.07) is 0. The van der Waals surface area contributed by atoms with Gasteiger partial charge < -0.3 is 5.32 Å². The average Bonchev–Trinajstić information content (AvgIpc) is 2.08. The molecule has 2 N–H and O–H groups in total. The van der Waals surface area contributed by atoms with Gasteiger partial charge >= 0.3 is 0 Å². The van der Waals surface area contributed by atoms with E-state index in [1.807, 2.05) is 0 Å². The van der Waals surface area contributed by atoms with Crippen LogP contribution in [0.25, 0.3) is 0 Å². The predicted octanol–water partition coefficient (Wildman–Crippen LogP) is 0.0249. The van der Waals surface area contributed by atoms with Crippen molar-refractivity contribution >= 4 is 9.73 Å². The van der Waals surface area contributed by atoms with Gasteiger partial charge in [-0.05, 0) is 13.0 Å². The predicted molar refractivity (Wildman–Crippen MR) is 38.1 cm³/mol. The third-order valence-electron chi connectivity index (χ3n) is 1.65. The molecule has 1 aliphatic rings. The zero-order chi connectivity index (χ0) is 6.91. The van der Waals surface area contributed by atoms with Crippen molar-refractivity contribution in [3.8, 4) is 0 Å². The first-order valence-corrected chi connectivity index (χ1v) is 5.07. The third kappa shape index (κ3) is 1.66. The van der Waals surface area contributed by atoms with Crippen molar-refractivity contribution in [1.82, 2.24) is 5.32 Å². The molecule has 0 saturated carbocycles. The Labute approximate surface area is 55.8 Å². The highest BCUT2D eigenvalue weighted by Crippen LogP contribution is 2.07. The molecule has 1 rings (SSSR count). The van der Waals surface area contributed by atoms with Gasteiger partial charge in [0.2, 0.25) is 0 Å². The summed E-state index contributed by atoms with van der Waals surface area (Å²) in [6.45, 7) is 1.69. The molecular weight excluding hydrogens is 136 g/mol. The molecule has 0 radical (unpaired) electrons. The van der Waals surface area contributed by atoms with E-state index in [1.54, 1.807) is 0 Å². The summed E-state index contributed by atoms with van der Waals surface area (Å²) in [5.41, 5.74) is 0. The average molecular weight is 148 g/mol. The van der Waals surface area contributed by atoms with Crippen LogP contribution in [0.1, 0.15) is 6.42 Å². The molecule has 0 aromatic rings. The molecule has 54 valence electrons. The number of rotatable bonds is 1. The van der Waals surface area contributed by atoms with E-state index >= 15 is 0 Å². The van der Waals surface area contributed by atoms with Crippen molar-refractivity contribution in [2.24, 2.45) is 0 Å². The fourth-order valence-electron chi connectivity index (χ4n) is 1.01. The van der Waals surface area contributed by atoms with Crippen LogP contribution in [0.3, 0.4) is 0 Å². The van der Waals surface area contributed by atoms with Gasteiger partial charge in [0.25, 0.3) is 0 Å². The van der Waals surface area contributed by atoms with E-state index in [-0.39, 0.29) is 5.25 Å². The Hall–Kier alpha value is -0.0900. The maximum Gasteiger partial charge on any atom is 0.0562 e. The second-order valence-electron chi connectivity index (χ2n) is 2.52. The fraction of sp³-hybridized carbons (Fsp3) is 1.00. The Bertz CT molecular complexity index is 179. The Balaban J connectivity index is 2.63. The standard InChI is InChI=1S/C5H12N2OS/c1-9(6,8)5-2-3-7-4-5/h5-7H,2-4H2,1H3. The van der Waals surface area contributed by atoms with Crippen LogP contribution in [0.4, 0.5) is 0 Å². The van der Waals surface area contributed by atoms with Gasteiger partial charge in [0.05, 0.1) is 5.25 Å². The maximum absolute atomic E-state index is 11.0. The highest BCUT2D eigenvalue weighted by Gasteiger charge is 2.20. The minimum absolute atomic E-state index is 0.0949. The molecule has 0 aromatic carbocycles. The second-order valence-corrected chi connectivity index (χ2v) is 4.99. The smallest absolute Gasteiger partial charge is 0.0562 e. The molecule has 1 saturated heterocycles. The number of hydrogen-bond acceptors (Lipinski definition) is 3. The van der Waals surface area contributed by atoms with Crippen LogP contribution in [-0.2, 0) is 9.73 Å². The van der Waals surface area contributed by atoms with E-state index in [4.69, 9.17) is 4.78 Å². The first-order chi connectivity index (χ1) is 4.11. The van der Waals surface area contributed by atoms with Crippen LogP contribution in [0.5, 0.6) is 0 Å². The second kappa shape index (κ2) is 2.27. The van der Waals surface area contributed by atoms with E-state index in [9.17, 15) is 4.21 Å². The van der Waals surface area contributed by atoms with Crippen molar-refractivity contribution in [2.45, 2.75) is 11.7 Å². The lowest BCUT2D eigenvalue weighted by Gasteiger charge is -2.06. The van der Waals surface area contributed by atoms with Crippen molar-refractivity contribution in [2.75, 3.05) is 19.3 Å². The Morgan fingerprint density at radius 2 is 2.44 bits per heavy atom. The summed E-state index contributed by atoms with van der Waals surface area (Å²) < 4.78 is 18.2. The first kappa shape index (κ1) is 7.02. The number of hydrogen-bond donors (Lipinski definition) is 2. The maximum atomic E-state index is 11.0. The van der Waals surface area contributed by atoms with Crippen LogP contribution in [0, 0.1) is 4.78 Å². The monoisotopic (exact) mass is 148 g/mol. The van der Waals surface area contributed by atoms with Crippen LogP contribution < -0.4 is 5.32 Å². The molecular formula is C5H12N2OS. The van der Waals surface area contributed by atoms with Crippen molar-refractivity contribution in [1.29, 1.82) is 4.78 Å². The largest absolute Gasteiger partial charge is 0.315 e. The highest BCUT2D eigenvalue weighted by molar-refractivity contribution is 7.92. The topological polar surface area (TPSA) is 53.0 Å². The summed E-state index contributed by atoms with van der Waals surface area (Å²) in [5, 5.41) is 3.17. The van der Waals surface area contributed by atoms with Gasteiger partial charge in [-0.1, -0.05) is 0 Å². The number of nitrogens with one attached hydrogen (secondary N) is 2. The Morgan fingerprint density at radius 1 is 1.78 bits per heavy atom. The van der Waals surface area contributed by atoms with Gasteiger partial charge in [-0.25, -0.2) is 4.21 Å².